The topological polar surface area (TPSA) is 61.8 Å². The Hall–Kier alpha value is -3.74. The van der Waals surface area contributed by atoms with Crippen LogP contribution in [-0.2, 0) is 4.74 Å². The van der Waals surface area contributed by atoms with Crippen molar-refractivity contribution in [1.29, 1.82) is 0 Å². The summed E-state index contributed by atoms with van der Waals surface area (Å²) in [6.07, 6.45) is 13.1. The molecule has 238 valence electrons. The van der Waals surface area contributed by atoms with E-state index in [1.807, 2.05) is 13.8 Å². The van der Waals surface area contributed by atoms with Crippen LogP contribution in [0.5, 0.6) is 11.5 Å². The molecule has 44 heavy (non-hydrogen) atoms. The predicted octanol–water partition coefficient (Wildman–Crippen LogP) is 10.4. The Morgan fingerprint density at radius 2 is 1.23 bits per heavy atom. The van der Waals surface area contributed by atoms with Crippen LogP contribution in [-0.4, -0.2) is 25.2 Å². The smallest absolute Gasteiger partial charge is 0.343 e. The minimum Gasteiger partial charge on any atom is -0.491 e. The van der Waals surface area contributed by atoms with Crippen molar-refractivity contribution in [2.45, 2.75) is 91.4 Å². The highest BCUT2D eigenvalue weighted by Crippen LogP contribution is 2.27. The molecular weight excluding hydrogens is 562 g/mol. The summed E-state index contributed by atoms with van der Waals surface area (Å²) >= 11 is 0. The van der Waals surface area contributed by atoms with Crippen LogP contribution in [0.25, 0.3) is 11.1 Å². The number of ether oxygens (including phenoxy) is 3. The molecule has 0 spiro atoms. The van der Waals surface area contributed by atoms with E-state index in [4.69, 9.17) is 14.2 Å². The zero-order chi connectivity index (χ0) is 31.7. The Kier molecular flexibility index (Phi) is 14.9. The predicted molar refractivity (Wildman–Crippen MR) is 170 cm³/mol. The fourth-order valence-corrected chi connectivity index (χ4v) is 4.66. The molecule has 3 aromatic carbocycles. The molecule has 0 heterocycles. The lowest BCUT2D eigenvalue weighted by molar-refractivity contribution is 0.0446. The molecule has 1 atom stereocenters. The summed E-state index contributed by atoms with van der Waals surface area (Å²) in [6.45, 7) is 6.90. The van der Waals surface area contributed by atoms with Crippen molar-refractivity contribution < 1.29 is 32.6 Å². The molecule has 0 aliphatic carbocycles. The molecule has 5 nitrogen and oxygen atoms in total. The lowest BCUT2D eigenvalue weighted by Crippen LogP contribution is -2.13. The molecule has 0 aliphatic heterocycles. The van der Waals surface area contributed by atoms with Crippen LogP contribution < -0.4 is 9.47 Å². The van der Waals surface area contributed by atoms with Gasteiger partial charge in [0.25, 0.3) is 0 Å². The van der Waals surface area contributed by atoms with Gasteiger partial charge in [-0.3, -0.25) is 0 Å². The van der Waals surface area contributed by atoms with E-state index in [0.717, 1.165) is 25.3 Å². The lowest BCUT2D eigenvalue weighted by Gasteiger charge is -2.11. The van der Waals surface area contributed by atoms with E-state index >= 15 is 0 Å². The molecule has 0 aromatic heterocycles. The molecule has 3 rings (SSSR count). The van der Waals surface area contributed by atoms with Crippen molar-refractivity contribution in [1.82, 2.24) is 0 Å². The maximum Gasteiger partial charge on any atom is 0.343 e. The van der Waals surface area contributed by atoms with E-state index in [1.165, 1.54) is 81.7 Å². The molecule has 0 saturated carbocycles. The molecule has 0 amide bonds. The molecule has 0 radical (unpaired) electrons. The van der Waals surface area contributed by atoms with Crippen molar-refractivity contribution in [2.24, 2.45) is 5.92 Å². The Morgan fingerprint density at radius 3 is 1.84 bits per heavy atom. The van der Waals surface area contributed by atoms with E-state index in [9.17, 15) is 18.4 Å². The van der Waals surface area contributed by atoms with Crippen LogP contribution in [0.2, 0.25) is 0 Å². The second kappa shape index (κ2) is 18.8. The van der Waals surface area contributed by atoms with E-state index in [0.29, 0.717) is 17.7 Å². The van der Waals surface area contributed by atoms with Crippen LogP contribution >= 0.6 is 0 Å². The number of hydrogen-bond acceptors (Lipinski definition) is 5. The fourth-order valence-electron chi connectivity index (χ4n) is 4.66. The number of carbonyl (C=O) groups excluding carboxylic acids is 2. The fraction of sp³-hybridized carbons (Fsp3) is 0.459. The third kappa shape index (κ3) is 11.4. The van der Waals surface area contributed by atoms with E-state index in [-0.39, 0.29) is 35.2 Å². The van der Waals surface area contributed by atoms with Crippen molar-refractivity contribution in [3.63, 3.8) is 0 Å². The van der Waals surface area contributed by atoms with Crippen molar-refractivity contribution >= 4 is 11.9 Å². The van der Waals surface area contributed by atoms with Gasteiger partial charge in [-0.05, 0) is 65.9 Å². The van der Waals surface area contributed by atoms with Crippen LogP contribution in [0.3, 0.4) is 0 Å². The maximum atomic E-state index is 14.7. The van der Waals surface area contributed by atoms with Gasteiger partial charge in [0.1, 0.15) is 0 Å². The number of benzene rings is 3. The third-order valence-corrected chi connectivity index (χ3v) is 7.71. The highest BCUT2D eigenvalue weighted by Gasteiger charge is 2.16. The summed E-state index contributed by atoms with van der Waals surface area (Å²) in [5.74, 6) is -2.56. The second-order valence-electron chi connectivity index (χ2n) is 11.4. The normalized spacial score (nSPS) is 11.7. The van der Waals surface area contributed by atoms with Gasteiger partial charge in [-0.15, -0.1) is 0 Å². The highest BCUT2D eigenvalue weighted by molar-refractivity contribution is 5.92. The van der Waals surface area contributed by atoms with Gasteiger partial charge >= 0.3 is 11.9 Å². The molecule has 0 bridgehead atoms. The number of rotatable bonds is 19. The first-order valence-electron chi connectivity index (χ1n) is 16.0. The number of esters is 2. The van der Waals surface area contributed by atoms with Crippen molar-refractivity contribution in [2.75, 3.05) is 13.2 Å². The Bertz CT molecular complexity index is 1320. The van der Waals surface area contributed by atoms with Crippen molar-refractivity contribution in [3.05, 3.63) is 83.4 Å². The largest absolute Gasteiger partial charge is 0.491 e. The average molecular weight is 609 g/mol. The summed E-state index contributed by atoms with van der Waals surface area (Å²) in [5, 5.41) is 0. The number of carbonyl (C=O) groups is 2. The molecule has 0 aliphatic rings. The zero-order valence-electron chi connectivity index (χ0n) is 26.3. The Balaban J connectivity index is 1.45. The second-order valence-corrected chi connectivity index (χ2v) is 11.4. The van der Waals surface area contributed by atoms with Crippen molar-refractivity contribution in [3.8, 4) is 22.6 Å². The standard InChI is InChI=1S/C37H46F2O5/c1-4-6-7-8-9-10-11-12-13-14-23-42-34-21-19-30(24-32(34)38)28-15-17-29(18-16-28)37(41)44-35-22-20-31(25-33(35)39)36(40)43-26-27(3)5-2/h15-22,24-25,27H,4-14,23,26H2,1-3H3. The SMILES string of the molecule is CCCCCCCCCCCCOc1ccc(-c2ccc(C(=O)Oc3ccc(C(=O)OCC(C)CC)cc3F)cc2)cc1F. The monoisotopic (exact) mass is 608 g/mol. The molecule has 3 aromatic rings. The first-order valence-corrected chi connectivity index (χ1v) is 16.0. The Morgan fingerprint density at radius 1 is 0.659 bits per heavy atom. The van der Waals surface area contributed by atoms with Crippen LogP contribution in [0.1, 0.15) is 112 Å². The number of halogens is 2. The van der Waals surface area contributed by atoms with Gasteiger partial charge in [0.15, 0.2) is 23.1 Å². The van der Waals surface area contributed by atoms with E-state index < -0.39 is 23.6 Å². The molecule has 0 N–H and O–H groups in total. The molecule has 0 fully saturated rings. The quantitative estimate of drug-likeness (QED) is 0.0770. The summed E-state index contributed by atoms with van der Waals surface area (Å²) in [7, 11) is 0. The summed E-state index contributed by atoms with van der Waals surface area (Å²) in [6, 6.07) is 14.8. The van der Waals surface area contributed by atoms with Gasteiger partial charge in [-0.1, -0.05) is 103 Å². The lowest BCUT2D eigenvalue weighted by atomic mass is 10.0. The summed E-state index contributed by atoms with van der Waals surface area (Å²) in [5.41, 5.74) is 1.57. The zero-order valence-corrected chi connectivity index (χ0v) is 26.3. The van der Waals surface area contributed by atoms with Gasteiger partial charge < -0.3 is 14.2 Å². The first kappa shape index (κ1) is 34.7. The van der Waals surface area contributed by atoms with Crippen LogP contribution in [0.15, 0.2) is 60.7 Å². The highest BCUT2D eigenvalue weighted by atomic mass is 19.1. The summed E-state index contributed by atoms with van der Waals surface area (Å²) < 4.78 is 45.4. The maximum absolute atomic E-state index is 14.7. The van der Waals surface area contributed by atoms with Gasteiger partial charge in [0.2, 0.25) is 0 Å². The third-order valence-electron chi connectivity index (χ3n) is 7.71. The van der Waals surface area contributed by atoms with E-state index in [1.54, 1.807) is 24.3 Å². The van der Waals surface area contributed by atoms with Crippen LogP contribution in [0, 0.1) is 17.6 Å². The van der Waals surface area contributed by atoms with Gasteiger partial charge in [-0.2, -0.15) is 0 Å². The summed E-state index contributed by atoms with van der Waals surface area (Å²) in [4.78, 5) is 24.8. The minimum absolute atomic E-state index is 0.0393. The molecule has 1 unspecified atom stereocenters. The minimum atomic E-state index is -0.848. The number of unbranched alkanes of at least 4 members (excludes halogenated alkanes) is 9. The first-order chi connectivity index (χ1) is 21.3. The molecule has 7 heteroatoms. The molecular formula is C37H46F2O5. The molecule has 0 saturated heterocycles. The van der Waals surface area contributed by atoms with Gasteiger partial charge in [0, 0.05) is 0 Å². The Labute approximate surface area is 260 Å². The van der Waals surface area contributed by atoms with E-state index in [2.05, 4.69) is 6.92 Å². The van der Waals surface area contributed by atoms with Gasteiger partial charge in [-0.25, -0.2) is 18.4 Å². The average Bonchev–Trinajstić information content (AvgIpc) is 3.03. The van der Waals surface area contributed by atoms with Gasteiger partial charge in [0.05, 0.1) is 24.3 Å². The number of hydrogen-bond donors (Lipinski definition) is 0. The van der Waals surface area contributed by atoms with Crippen LogP contribution in [0.4, 0.5) is 8.78 Å².